The summed E-state index contributed by atoms with van der Waals surface area (Å²) in [5.41, 5.74) is 2.67. The number of halogens is 2. The Kier molecular flexibility index (Phi) is 3.57. The molecule has 1 aliphatic rings. The molecule has 0 amide bonds. The summed E-state index contributed by atoms with van der Waals surface area (Å²) in [6.07, 6.45) is 1.83. The Morgan fingerprint density at radius 1 is 1.15 bits per heavy atom. The highest BCUT2D eigenvalue weighted by atomic mass is 79.9. The summed E-state index contributed by atoms with van der Waals surface area (Å²) in [7, 11) is 0. The molecular weight excluding hydrogens is 321 g/mol. The molecule has 2 aromatic rings. The van der Waals surface area contributed by atoms with Crippen molar-refractivity contribution in [2.45, 2.75) is 12.8 Å². The van der Waals surface area contributed by atoms with E-state index in [-0.39, 0.29) is 11.3 Å². The number of anilines is 1. The molecule has 3 rings (SSSR count). The molecule has 1 heterocycles. The molecule has 1 N–H and O–H groups in total. The number of carbonyl (C=O) groups is 1. The lowest BCUT2D eigenvalue weighted by Crippen LogP contribution is -2.16. The van der Waals surface area contributed by atoms with Gasteiger partial charge in [0.05, 0.1) is 10.0 Å². The standard InChI is InChI=1S/C16H13BrFNO/c17-13-7-1-5-12(15(13)18)16(20)11-4-2-8-14-10(11)6-3-9-19-14/h1-2,4-5,7-8,19H,3,6,9H2. The molecule has 0 saturated heterocycles. The Hall–Kier alpha value is -1.68. The maximum absolute atomic E-state index is 14.1. The van der Waals surface area contributed by atoms with Crippen molar-refractivity contribution in [3.8, 4) is 0 Å². The lowest BCUT2D eigenvalue weighted by molar-refractivity contribution is 0.103. The molecular formula is C16H13BrFNO. The summed E-state index contributed by atoms with van der Waals surface area (Å²) in [6.45, 7) is 0.913. The van der Waals surface area contributed by atoms with E-state index in [1.54, 1.807) is 18.2 Å². The van der Waals surface area contributed by atoms with E-state index >= 15 is 0 Å². The molecule has 102 valence electrons. The summed E-state index contributed by atoms with van der Waals surface area (Å²) in [4.78, 5) is 12.6. The molecule has 0 aromatic heterocycles. The van der Waals surface area contributed by atoms with Gasteiger partial charge in [-0.15, -0.1) is 0 Å². The van der Waals surface area contributed by atoms with E-state index in [9.17, 15) is 9.18 Å². The van der Waals surface area contributed by atoms with Crippen LogP contribution in [0.1, 0.15) is 27.9 Å². The molecule has 0 aliphatic carbocycles. The molecule has 0 fully saturated rings. The Labute approximate surface area is 125 Å². The van der Waals surface area contributed by atoms with Crippen LogP contribution >= 0.6 is 15.9 Å². The number of carbonyl (C=O) groups excluding carboxylic acids is 1. The first-order valence-electron chi connectivity index (χ1n) is 6.53. The van der Waals surface area contributed by atoms with Crippen molar-refractivity contribution in [1.82, 2.24) is 0 Å². The van der Waals surface area contributed by atoms with Crippen LogP contribution in [0.4, 0.5) is 10.1 Å². The van der Waals surface area contributed by atoms with Crippen molar-refractivity contribution in [3.63, 3.8) is 0 Å². The highest BCUT2D eigenvalue weighted by Crippen LogP contribution is 2.28. The number of fused-ring (bicyclic) bond motifs is 1. The molecule has 20 heavy (non-hydrogen) atoms. The van der Waals surface area contributed by atoms with Gasteiger partial charge in [0.1, 0.15) is 5.82 Å². The van der Waals surface area contributed by atoms with E-state index in [1.165, 1.54) is 6.07 Å². The van der Waals surface area contributed by atoms with Gasteiger partial charge in [0.2, 0.25) is 0 Å². The predicted octanol–water partition coefficient (Wildman–Crippen LogP) is 4.18. The van der Waals surface area contributed by atoms with Crippen LogP contribution in [0.25, 0.3) is 0 Å². The van der Waals surface area contributed by atoms with Crippen molar-refractivity contribution in [1.29, 1.82) is 0 Å². The second-order valence-corrected chi connectivity index (χ2v) is 5.65. The molecule has 4 heteroatoms. The third-order valence-electron chi connectivity index (χ3n) is 3.54. The Morgan fingerprint density at radius 3 is 2.75 bits per heavy atom. The van der Waals surface area contributed by atoms with E-state index < -0.39 is 5.82 Å². The molecule has 2 nitrogen and oxygen atoms in total. The van der Waals surface area contributed by atoms with E-state index in [2.05, 4.69) is 21.2 Å². The maximum Gasteiger partial charge on any atom is 0.196 e. The lowest BCUT2D eigenvalue weighted by atomic mass is 9.92. The van der Waals surface area contributed by atoms with Crippen LogP contribution in [-0.4, -0.2) is 12.3 Å². The minimum Gasteiger partial charge on any atom is -0.385 e. The topological polar surface area (TPSA) is 29.1 Å². The summed E-state index contributed by atoms with van der Waals surface area (Å²) in [6, 6.07) is 10.4. The second-order valence-electron chi connectivity index (χ2n) is 4.79. The van der Waals surface area contributed by atoms with Crippen LogP contribution in [0.3, 0.4) is 0 Å². The number of hydrogen-bond acceptors (Lipinski definition) is 2. The van der Waals surface area contributed by atoms with Gasteiger partial charge in [-0.25, -0.2) is 4.39 Å². The van der Waals surface area contributed by atoms with Crippen molar-refractivity contribution in [2.24, 2.45) is 0 Å². The fourth-order valence-corrected chi connectivity index (χ4v) is 2.91. The highest BCUT2D eigenvalue weighted by Gasteiger charge is 2.21. The quantitative estimate of drug-likeness (QED) is 0.835. The normalized spacial score (nSPS) is 13.5. The summed E-state index contributed by atoms with van der Waals surface area (Å²) in [5.74, 6) is -0.761. The summed E-state index contributed by atoms with van der Waals surface area (Å²) >= 11 is 3.12. The predicted molar refractivity (Wildman–Crippen MR) is 80.8 cm³/mol. The van der Waals surface area contributed by atoms with Gasteiger partial charge in [0, 0.05) is 17.8 Å². The third kappa shape index (κ3) is 2.24. The number of hydrogen-bond donors (Lipinski definition) is 1. The number of ketones is 1. The van der Waals surface area contributed by atoms with E-state index in [4.69, 9.17) is 0 Å². The largest absolute Gasteiger partial charge is 0.385 e. The number of benzene rings is 2. The fourth-order valence-electron chi connectivity index (χ4n) is 2.55. The zero-order chi connectivity index (χ0) is 14.1. The minimum absolute atomic E-state index is 0.110. The Balaban J connectivity index is 2.09. The van der Waals surface area contributed by atoms with Crippen LogP contribution in [-0.2, 0) is 6.42 Å². The molecule has 1 aliphatic heterocycles. The van der Waals surface area contributed by atoms with E-state index in [0.29, 0.717) is 10.0 Å². The van der Waals surface area contributed by atoms with Crippen molar-refractivity contribution >= 4 is 27.4 Å². The number of rotatable bonds is 2. The minimum atomic E-state index is -0.501. The Bertz CT molecular complexity index is 684. The first-order chi connectivity index (χ1) is 9.68. The molecule has 2 aromatic carbocycles. The molecule has 0 radical (unpaired) electrons. The van der Waals surface area contributed by atoms with Gasteiger partial charge in [-0.2, -0.15) is 0 Å². The SMILES string of the molecule is O=C(c1cccc(Br)c1F)c1cccc2c1CCCN2. The van der Waals surface area contributed by atoms with Crippen LogP contribution in [0.2, 0.25) is 0 Å². The van der Waals surface area contributed by atoms with E-state index in [0.717, 1.165) is 30.6 Å². The van der Waals surface area contributed by atoms with Crippen molar-refractivity contribution in [2.75, 3.05) is 11.9 Å². The van der Waals surface area contributed by atoms with Crippen LogP contribution in [0.5, 0.6) is 0 Å². The van der Waals surface area contributed by atoms with Crippen LogP contribution < -0.4 is 5.32 Å². The van der Waals surface area contributed by atoms with Gasteiger partial charge in [-0.05, 0) is 52.5 Å². The fraction of sp³-hybridized carbons (Fsp3) is 0.188. The summed E-state index contributed by atoms with van der Waals surface area (Å²) in [5, 5.41) is 3.28. The highest BCUT2D eigenvalue weighted by molar-refractivity contribution is 9.10. The molecule has 0 atom stereocenters. The zero-order valence-corrected chi connectivity index (χ0v) is 12.3. The maximum atomic E-state index is 14.1. The van der Waals surface area contributed by atoms with Crippen molar-refractivity contribution in [3.05, 3.63) is 63.4 Å². The zero-order valence-electron chi connectivity index (χ0n) is 10.7. The second kappa shape index (κ2) is 5.37. The van der Waals surface area contributed by atoms with Gasteiger partial charge in [-0.3, -0.25) is 4.79 Å². The van der Waals surface area contributed by atoms with Gasteiger partial charge in [0.25, 0.3) is 0 Å². The number of nitrogens with one attached hydrogen (secondary N) is 1. The van der Waals surface area contributed by atoms with Gasteiger partial charge >= 0.3 is 0 Å². The molecule has 0 unspecified atom stereocenters. The Morgan fingerprint density at radius 2 is 1.90 bits per heavy atom. The average molecular weight is 334 g/mol. The smallest absolute Gasteiger partial charge is 0.196 e. The molecule has 0 bridgehead atoms. The summed E-state index contributed by atoms with van der Waals surface area (Å²) < 4.78 is 14.4. The monoisotopic (exact) mass is 333 g/mol. The van der Waals surface area contributed by atoms with Gasteiger partial charge in [0.15, 0.2) is 5.78 Å². The first-order valence-corrected chi connectivity index (χ1v) is 7.32. The third-order valence-corrected chi connectivity index (χ3v) is 4.15. The lowest BCUT2D eigenvalue weighted by Gasteiger charge is -2.20. The average Bonchev–Trinajstić information content (AvgIpc) is 2.49. The molecule has 0 spiro atoms. The first kappa shape index (κ1) is 13.3. The van der Waals surface area contributed by atoms with Crippen LogP contribution in [0, 0.1) is 5.82 Å². The molecule has 0 saturated carbocycles. The van der Waals surface area contributed by atoms with Gasteiger partial charge < -0.3 is 5.32 Å². The van der Waals surface area contributed by atoms with Crippen molar-refractivity contribution < 1.29 is 9.18 Å². The van der Waals surface area contributed by atoms with Gasteiger partial charge in [-0.1, -0.05) is 18.2 Å². The van der Waals surface area contributed by atoms with Crippen LogP contribution in [0.15, 0.2) is 40.9 Å². The van der Waals surface area contributed by atoms with E-state index in [1.807, 2.05) is 12.1 Å².